The molecule has 3 nitrogen and oxygen atoms in total. The number of nitrogens with zero attached hydrogens (tertiary/aromatic N) is 1. The molecule has 0 saturated carbocycles. The minimum atomic E-state index is -0.257. The number of nitrogens with one attached hydrogen (secondary N) is 1. The zero-order chi connectivity index (χ0) is 15.1. The van der Waals surface area contributed by atoms with Crippen molar-refractivity contribution in [2.75, 3.05) is 19.6 Å². The van der Waals surface area contributed by atoms with Crippen LogP contribution in [0.15, 0.2) is 36.4 Å². The van der Waals surface area contributed by atoms with E-state index in [1.807, 2.05) is 18.2 Å². The van der Waals surface area contributed by atoms with Crippen LogP contribution in [0.25, 0.3) is 10.4 Å². The quantitative estimate of drug-likeness (QED) is 0.944. The summed E-state index contributed by atoms with van der Waals surface area (Å²) in [5.74, 6) is 0.339. The first kappa shape index (κ1) is 13.9. The standard InChI is InChI=1S/C17H17FN2OS/c18-13-3-1-2-11(8-13)15-4-5-16(22-15)17(21)19-14-10-20-7-6-12(14)9-20/h1-5,8,12,14H,6-7,9-10H2,(H,19,21)/t12-,14?/m0/s1. The molecule has 2 bridgehead atoms. The van der Waals surface area contributed by atoms with Crippen molar-refractivity contribution in [2.24, 2.45) is 5.92 Å². The van der Waals surface area contributed by atoms with Crippen molar-refractivity contribution < 1.29 is 9.18 Å². The molecule has 0 radical (unpaired) electrons. The maximum Gasteiger partial charge on any atom is 0.261 e. The summed E-state index contributed by atoms with van der Waals surface area (Å²) >= 11 is 1.41. The Labute approximate surface area is 132 Å². The number of thiophene rings is 1. The predicted octanol–water partition coefficient (Wildman–Crippen LogP) is 2.99. The monoisotopic (exact) mass is 316 g/mol. The van der Waals surface area contributed by atoms with Crippen molar-refractivity contribution in [3.05, 3.63) is 47.1 Å². The van der Waals surface area contributed by atoms with Gasteiger partial charge in [-0.1, -0.05) is 12.1 Å². The first-order valence-corrected chi connectivity index (χ1v) is 8.40. The molecular formula is C17H17FN2OS. The second-order valence-electron chi connectivity index (χ2n) is 6.06. The number of carbonyl (C=O) groups is 1. The van der Waals surface area contributed by atoms with Crippen molar-refractivity contribution >= 4 is 17.2 Å². The van der Waals surface area contributed by atoms with E-state index in [1.54, 1.807) is 6.07 Å². The van der Waals surface area contributed by atoms with Crippen LogP contribution in [0.3, 0.4) is 0 Å². The van der Waals surface area contributed by atoms with Crippen molar-refractivity contribution in [1.29, 1.82) is 0 Å². The summed E-state index contributed by atoms with van der Waals surface area (Å²) < 4.78 is 13.3. The molecular weight excluding hydrogens is 299 g/mol. The summed E-state index contributed by atoms with van der Waals surface area (Å²) in [5.41, 5.74) is 0.815. The highest BCUT2D eigenvalue weighted by molar-refractivity contribution is 7.17. The van der Waals surface area contributed by atoms with E-state index in [2.05, 4.69) is 10.2 Å². The van der Waals surface area contributed by atoms with Crippen molar-refractivity contribution in [1.82, 2.24) is 10.2 Å². The fraction of sp³-hybridized carbons (Fsp3) is 0.353. The molecule has 5 heteroatoms. The van der Waals surface area contributed by atoms with E-state index >= 15 is 0 Å². The van der Waals surface area contributed by atoms with E-state index in [1.165, 1.54) is 36.4 Å². The molecule has 2 aliphatic heterocycles. The Balaban J connectivity index is 1.48. The number of hydrogen-bond acceptors (Lipinski definition) is 3. The van der Waals surface area contributed by atoms with Crippen LogP contribution >= 0.6 is 11.3 Å². The lowest BCUT2D eigenvalue weighted by molar-refractivity contribution is 0.0928. The van der Waals surface area contributed by atoms with E-state index in [4.69, 9.17) is 0 Å². The number of fused-ring (bicyclic) bond motifs is 2. The van der Waals surface area contributed by atoms with Crippen molar-refractivity contribution in [3.63, 3.8) is 0 Å². The summed E-state index contributed by atoms with van der Waals surface area (Å²) in [7, 11) is 0. The summed E-state index contributed by atoms with van der Waals surface area (Å²) in [6, 6.07) is 10.5. The average molecular weight is 316 g/mol. The van der Waals surface area contributed by atoms with Gasteiger partial charge in [-0.25, -0.2) is 4.39 Å². The molecule has 4 rings (SSSR count). The molecule has 3 atom stereocenters. The van der Waals surface area contributed by atoms with Gasteiger partial charge in [0.05, 0.1) is 4.88 Å². The van der Waals surface area contributed by atoms with Gasteiger partial charge in [-0.15, -0.1) is 11.3 Å². The van der Waals surface area contributed by atoms with E-state index in [0.717, 1.165) is 23.5 Å². The topological polar surface area (TPSA) is 32.3 Å². The summed E-state index contributed by atoms with van der Waals surface area (Å²) in [6.45, 7) is 3.25. The van der Waals surface area contributed by atoms with E-state index in [0.29, 0.717) is 10.8 Å². The minimum absolute atomic E-state index is 0.00796. The largest absolute Gasteiger partial charge is 0.347 e. The summed E-state index contributed by atoms with van der Waals surface area (Å²) in [4.78, 5) is 16.4. The molecule has 2 fully saturated rings. The van der Waals surface area contributed by atoms with Crippen LogP contribution in [0.5, 0.6) is 0 Å². The number of halogens is 1. The normalized spacial score (nSPS) is 26.3. The number of carbonyl (C=O) groups excluding carboxylic acids is 1. The Morgan fingerprint density at radius 3 is 2.91 bits per heavy atom. The van der Waals surface area contributed by atoms with Gasteiger partial charge in [0.15, 0.2) is 0 Å². The van der Waals surface area contributed by atoms with Gasteiger partial charge in [0.1, 0.15) is 5.82 Å². The van der Waals surface area contributed by atoms with Crippen LogP contribution < -0.4 is 5.32 Å². The van der Waals surface area contributed by atoms with Gasteiger partial charge >= 0.3 is 0 Å². The summed E-state index contributed by atoms with van der Waals surface area (Å²) in [5, 5.41) is 3.16. The maximum atomic E-state index is 13.3. The van der Waals surface area contributed by atoms with E-state index < -0.39 is 0 Å². The van der Waals surface area contributed by atoms with Crippen LogP contribution in [0.2, 0.25) is 0 Å². The second kappa shape index (κ2) is 5.48. The Hall–Kier alpha value is -1.72. The number of amides is 1. The highest BCUT2D eigenvalue weighted by Gasteiger charge is 2.38. The third-order valence-electron chi connectivity index (χ3n) is 4.59. The number of piperidine rings is 1. The lowest BCUT2D eigenvalue weighted by atomic mass is 10.00. The molecule has 0 aliphatic carbocycles. The Bertz CT molecular complexity index is 714. The van der Waals surface area contributed by atoms with E-state index in [9.17, 15) is 9.18 Å². The van der Waals surface area contributed by atoms with Gasteiger partial charge in [-0.05, 0) is 48.7 Å². The zero-order valence-corrected chi connectivity index (χ0v) is 12.9. The molecule has 1 amide bonds. The van der Waals surface area contributed by atoms with E-state index in [-0.39, 0.29) is 17.8 Å². The Kier molecular flexibility index (Phi) is 3.47. The fourth-order valence-electron chi connectivity index (χ4n) is 3.44. The SMILES string of the molecule is O=C(NC1CN2CC[C@H]1C2)c1ccc(-c2cccc(F)c2)s1. The van der Waals surface area contributed by atoms with Gasteiger partial charge in [0, 0.05) is 24.0 Å². The summed E-state index contributed by atoms with van der Waals surface area (Å²) in [6.07, 6.45) is 1.18. The molecule has 2 unspecified atom stereocenters. The Morgan fingerprint density at radius 2 is 2.18 bits per heavy atom. The molecule has 1 N–H and O–H groups in total. The second-order valence-corrected chi connectivity index (χ2v) is 7.15. The molecule has 1 aromatic carbocycles. The van der Waals surface area contributed by atoms with Gasteiger partial charge in [-0.2, -0.15) is 0 Å². The lowest BCUT2D eigenvalue weighted by Crippen LogP contribution is -2.42. The average Bonchev–Trinajstić information content (AvgIpc) is 3.23. The minimum Gasteiger partial charge on any atom is -0.347 e. The fourth-order valence-corrected chi connectivity index (χ4v) is 4.35. The van der Waals surface area contributed by atoms with Crippen LogP contribution in [-0.2, 0) is 0 Å². The van der Waals surface area contributed by atoms with Gasteiger partial charge < -0.3 is 10.2 Å². The highest BCUT2D eigenvalue weighted by atomic mass is 32.1. The number of rotatable bonds is 3. The van der Waals surface area contributed by atoms with Gasteiger partial charge in [0.2, 0.25) is 0 Å². The zero-order valence-electron chi connectivity index (χ0n) is 12.1. The van der Waals surface area contributed by atoms with Crippen LogP contribution in [0.4, 0.5) is 4.39 Å². The van der Waals surface area contributed by atoms with Crippen molar-refractivity contribution in [2.45, 2.75) is 12.5 Å². The van der Waals surface area contributed by atoms with Crippen LogP contribution in [0.1, 0.15) is 16.1 Å². The molecule has 2 aromatic rings. The third kappa shape index (κ3) is 2.55. The number of benzene rings is 1. The first-order chi connectivity index (χ1) is 10.7. The highest BCUT2D eigenvalue weighted by Crippen LogP contribution is 2.30. The molecule has 3 heterocycles. The smallest absolute Gasteiger partial charge is 0.261 e. The first-order valence-electron chi connectivity index (χ1n) is 7.58. The number of hydrogen-bond donors (Lipinski definition) is 1. The molecule has 114 valence electrons. The van der Waals surface area contributed by atoms with Gasteiger partial charge in [0.25, 0.3) is 5.91 Å². The Morgan fingerprint density at radius 1 is 1.27 bits per heavy atom. The van der Waals surface area contributed by atoms with Crippen LogP contribution in [0, 0.1) is 11.7 Å². The van der Waals surface area contributed by atoms with Crippen LogP contribution in [-0.4, -0.2) is 36.5 Å². The molecule has 2 saturated heterocycles. The lowest BCUT2D eigenvalue weighted by Gasteiger charge is -2.22. The predicted molar refractivity (Wildman–Crippen MR) is 85.5 cm³/mol. The molecule has 0 spiro atoms. The van der Waals surface area contributed by atoms with Gasteiger partial charge in [-0.3, -0.25) is 4.79 Å². The molecule has 22 heavy (non-hydrogen) atoms. The maximum absolute atomic E-state index is 13.3. The van der Waals surface area contributed by atoms with Crippen molar-refractivity contribution in [3.8, 4) is 10.4 Å². The molecule has 1 aromatic heterocycles. The third-order valence-corrected chi connectivity index (χ3v) is 5.72. The molecule has 2 aliphatic rings.